The van der Waals surface area contributed by atoms with E-state index in [2.05, 4.69) is 4.99 Å². The Morgan fingerprint density at radius 3 is 2.65 bits per heavy atom. The lowest BCUT2D eigenvalue weighted by molar-refractivity contribution is 0.0138. The van der Waals surface area contributed by atoms with E-state index in [1.165, 1.54) is 6.07 Å². The number of alkyl halides is 2. The van der Waals surface area contributed by atoms with Crippen LogP contribution >= 0.6 is 11.6 Å². The fraction of sp³-hybridized carbons (Fsp3) is 0.150. The molecule has 0 aliphatic carbocycles. The van der Waals surface area contributed by atoms with Crippen molar-refractivity contribution in [2.45, 2.75) is 19.4 Å². The van der Waals surface area contributed by atoms with Gasteiger partial charge in [0, 0.05) is 29.3 Å². The zero-order valence-electron chi connectivity index (χ0n) is 13.8. The smallest absolute Gasteiger partial charge is 0.273 e. The van der Waals surface area contributed by atoms with Crippen molar-refractivity contribution in [3.05, 3.63) is 88.0 Å². The van der Waals surface area contributed by atoms with Crippen LogP contribution in [0.25, 0.3) is 5.69 Å². The predicted molar refractivity (Wildman–Crippen MR) is 96.1 cm³/mol. The van der Waals surface area contributed by atoms with E-state index in [0.717, 1.165) is 29.1 Å². The third-order valence-electron chi connectivity index (χ3n) is 4.46. The minimum Gasteiger partial charge on any atom is -0.315 e. The maximum absolute atomic E-state index is 14.3. The molecular weight excluding hydrogens is 361 g/mol. The first kappa shape index (κ1) is 16.9. The molecule has 4 rings (SSSR count). The molecule has 0 bridgehead atoms. The summed E-state index contributed by atoms with van der Waals surface area (Å²) in [6.45, 7) is 0.997. The van der Waals surface area contributed by atoms with E-state index in [0.29, 0.717) is 29.8 Å². The number of halogens is 4. The Bertz CT molecular complexity index is 1030. The molecule has 0 atom stereocenters. The standard InChI is InChI=1S/C20H14ClF3N2/c1-20(23,24)14-8-7-12(10-16(14)22)19-18-6-3-9-26(18)17-5-2-4-15(21)13(17)11-25-19/h2-10H,11H2,1H3. The monoisotopic (exact) mass is 374 g/mol. The Morgan fingerprint density at radius 2 is 1.92 bits per heavy atom. The van der Waals surface area contributed by atoms with Crippen molar-refractivity contribution in [1.82, 2.24) is 4.57 Å². The van der Waals surface area contributed by atoms with Crippen LogP contribution in [-0.2, 0) is 12.5 Å². The van der Waals surface area contributed by atoms with Crippen LogP contribution in [0.15, 0.2) is 59.7 Å². The Morgan fingerprint density at radius 1 is 1.12 bits per heavy atom. The second kappa shape index (κ2) is 6.02. The predicted octanol–water partition coefficient (Wildman–Crippen LogP) is 5.73. The normalized spacial score (nSPS) is 13.7. The summed E-state index contributed by atoms with van der Waals surface area (Å²) < 4.78 is 43.1. The highest BCUT2D eigenvalue weighted by Crippen LogP contribution is 2.32. The summed E-state index contributed by atoms with van der Waals surface area (Å²) in [5.74, 6) is -4.19. The topological polar surface area (TPSA) is 17.3 Å². The highest BCUT2D eigenvalue weighted by atomic mass is 35.5. The van der Waals surface area contributed by atoms with Gasteiger partial charge in [0.05, 0.1) is 29.2 Å². The van der Waals surface area contributed by atoms with Crippen LogP contribution in [0, 0.1) is 5.82 Å². The van der Waals surface area contributed by atoms with E-state index in [1.54, 1.807) is 6.07 Å². The van der Waals surface area contributed by atoms with E-state index in [1.807, 2.05) is 35.0 Å². The molecule has 1 aliphatic heterocycles. The van der Waals surface area contributed by atoms with Gasteiger partial charge in [-0.15, -0.1) is 0 Å². The molecule has 2 nitrogen and oxygen atoms in total. The van der Waals surface area contributed by atoms with Crippen LogP contribution in [0.1, 0.15) is 29.3 Å². The van der Waals surface area contributed by atoms with Gasteiger partial charge in [0.2, 0.25) is 0 Å². The van der Waals surface area contributed by atoms with Crippen molar-refractivity contribution in [2.75, 3.05) is 0 Å². The van der Waals surface area contributed by atoms with Gasteiger partial charge in [-0.25, -0.2) is 13.2 Å². The Balaban J connectivity index is 1.87. The van der Waals surface area contributed by atoms with Crippen LogP contribution in [-0.4, -0.2) is 10.3 Å². The number of fused-ring (bicyclic) bond motifs is 3. The summed E-state index contributed by atoms with van der Waals surface area (Å²) in [5, 5.41) is 0.597. The average Bonchev–Trinajstić information content (AvgIpc) is 2.98. The number of hydrogen-bond donors (Lipinski definition) is 0. The van der Waals surface area contributed by atoms with Gasteiger partial charge in [-0.3, -0.25) is 4.99 Å². The molecule has 2 aromatic carbocycles. The van der Waals surface area contributed by atoms with Crippen molar-refractivity contribution < 1.29 is 13.2 Å². The van der Waals surface area contributed by atoms with Crippen LogP contribution in [0.5, 0.6) is 0 Å². The van der Waals surface area contributed by atoms with Gasteiger partial charge in [0.25, 0.3) is 5.92 Å². The average molecular weight is 375 g/mol. The number of aromatic nitrogens is 1. The Hall–Kier alpha value is -2.53. The van der Waals surface area contributed by atoms with Crippen molar-refractivity contribution in [3.63, 3.8) is 0 Å². The maximum atomic E-state index is 14.3. The molecule has 0 N–H and O–H groups in total. The number of benzene rings is 2. The first-order chi connectivity index (χ1) is 12.4. The Kier molecular flexibility index (Phi) is 3.92. The van der Waals surface area contributed by atoms with E-state index >= 15 is 0 Å². The summed E-state index contributed by atoms with van der Waals surface area (Å²) in [6.07, 6.45) is 1.87. The minimum atomic E-state index is -3.24. The lowest BCUT2D eigenvalue weighted by atomic mass is 10.0. The van der Waals surface area contributed by atoms with Crippen molar-refractivity contribution in [2.24, 2.45) is 4.99 Å². The highest BCUT2D eigenvalue weighted by Gasteiger charge is 2.29. The molecule has 3 aromatic rings. The van der Waals surface area contributed by atoms with Gasteiger partial charge in [-0.05, 0) is 36.4 Å². The molecule has 2 heterocycles. The summed E-state index contributed by atoms with van der Waals surface area (Å²) in [5.41, 5.74) is 2.86. The van der Waals surface area contributed by atoms with E-state index in [9.17, 15) is 13.2 Å². The minimum absolute atomic E-state index is 0.319. The van der Waals surface area contributed by atoms with Crippen LogP contribution in [0.2, 0.25) is 5.02 Å². The molecule has 0 fully saturated rings. The third kappa shape index (κ3) is 2.72. The molecule has 0 spiro atoms. The SMILES string of the molecule is CC(F)(F)c1ccc(C2=NCc3c(Cl)cccc3-n3cccc32)cc1F. The lowest BCUT2D eigenvalue weighted by Crippen LogP contribution is -2.13. The third-order valence-corrected chi connectivity index (χ3v) is 4.81. The van der Waals surface area contributed by atoms with E-state index in [4.69, 9.17) is 11.6 Å². The van der Waals surface area contributed by atoms with Crippen LogP contribution in [0.4, 0.5) is 13.2 Å². The van der Waals surface area contributed by atoms with Crippen molar-refractivity contribution >= 4 is 17.3 Å². The summed E-state index contributed by atoms with van der Waals surface area (Å²) in [7, 11) is 0. The van der Waals surface area contributed by atoms with Crippen LogP contribution < -0.4 is 0 Å². The van der Waals surface area contributed by atoms with E-state index in [-0.39, 0.29) is 0 Å². The first-order valence-corrected chi connectivity index (χ1v) is 8.42. The summed E-state index contributed by atoms with van der Waals surface area (Å²) in [6, 6.07) is 13.0. The van der Waals surface area contributed by atoms with Crippen molar-refractivity contribution in [1.29, 1.82) is 0 Å². The van der Waals surface area contributed by atoms with Gasteiger partial charge < -0.3 is 4.57 Å². The second-order valence-corrected chi connectivity index (χ2v) is 6.66. The molecule has 0 saturated carbocycles. The second-order valence-electron chi connectivity index (χ2n) is 6.25. The van der Waals surface area contributed by atoms with Gasteiger partial charge in [-0.1, -0.05) is 23.7 Å². The lowest BCUT2D eigenvalue weighted by Gasteiger charge is -2.14. The molecule has 1 aromatic heterocycles. The molecule has 0 unspecified atom stereocenters. The molecule has 0 amide bonds. The van der Waals surface area contributed by atoms with Gasteiger partial charge in [0.1, 0.15) is 5.82 Å². The molecular formula is C20H14ClF3N2. The maximum Gasteiger partial charge on any atom is 0.273 e. The van der Waals surface area contributed by atoms with Gasteiger partial charge in [-0.2, -0.15) is 0 Å². The van der Waals surface area contributed by atoms with Crippen LogP contribution in [0.3, 0.4) is 0 Å². The molecule has 6 heteroatoms. The number of rotatable bonds is 2. The zero-order chi connectivity index (χ0) is 18.5. The largest absolute Gasteiger partial charge is 0.315 e. The number of aliphatic imine (C=N–C) groups is 1. The summed E-state index contributed by atoms with van der Waals surface area (Å²) >= 11 is 6.31. The fourth-order valence-electron chi connectivity index (χ4n) is 3.21. The zero-order valence-corrected chi connectivity index (χ0v) is 14.6. The van der Waals surface area contributed by atoms with Crippen molar-refractivity contribution in [3.8, 4) is 5.69 Å². The first-order valence-electron chi connectivity index (χ1n) is 8.04. The van der Waals surface area contributed by atoms with E-state index < -0.39 is 17.3 Å². The number of nitrogens with zero attached hydrogens (tertiary/aromatic N) is 2. The summed E-state index contributed by atoms with van der Waals surface area (Å²) in [4.78, 5) is 4.60. The van der Waals surface area contributed by atoms with Gasteiger partial charge in [0.15, 0.2) is 0 Å². The highest BCUT2D eigenvalue weighted by molar-refractivity contribution is 6.31. The molecule has 0 saturated heterocycles. The molecule has 26 heavy (non-hydrogen) atoms. The molecule has 0 radical (unpaired) electrons. The quantitative estimate of drug-likeness (QED) is 0.545. The fourth-order valence-corrected chi connectivity index (χ4v) is 3.44. The Labute approximate surface area is 153 Å². The molecule has 132 valence electrons. The molecule has 1 aliphatic rings. The van der Waals surface area contributed by atoms with Gasteiger partial charge >= 0.3 is 0 Å². The number of hydrogen-bond acceptors (Lipinski definition) is 1.